The van der Waals surface area contributed by atoms with Crippen LogP contribution in [-0.4, -0.2) is 81.9 Å². The zero-order valence-electron chi connectivity index (χ0n) is 31.7. The van der Waals surface area contributed by atoms with Crippen LogP contribution >= 0.6 is 0 Å². The molecule has 2 saturated heterocycles. The van der Waals surface area contributed by atoms with E-state index in [1.807, 2.05) is 36.0 Å². The van der Waals surface area contributed by atoms with Crippen LogP contribution in [0.5, 0.6) is 0 Å². The lowest BCUT2D eigenvalue weighted by Gasteiger charge is -2.26. The summed E-state index contributed by atoms with van der Waals surface area (Å²) in [5, 5.41) is 18.6. The average molecular weight is 748 g/mol. The van der Waals surface area contributed by atoms with Crippen molar-refractivity contribution in [2.45, 2.75) is 71.8 Å². The fourth-order valence-electron chi connectivity index (χ4n) is 7.38. The number of pyridine rings is 2. The second-order valence-corrected chi connectivity index (χ2v) is 14.2. The Balaban J connectivity index is 1.02. The van der Waals surface area contributed by atoms with Gasteiger partial charge in [-0.15, -0.1) is 0 Å². The van der Waals surface area contributed by atoms with Gasteiger partial charge in [-0.05, 0) is 92.7 Å². The number of amides is 2. The molecular formula is C42H50FN9O3. The predicted molar refractivity (Wildman–Crippen MR) is 211 cm³/mol. The lowest BCUT2D eigenvalue weighted by atomic mass is 10.00. The molecule has 288 valence electrons. The van der Waals surface area contributed by atoms with Crippen molar-refractivity contribution in [1.29, 1.82) is 0 Å². The standard InChI is InChI=1S/C42H50FN9O3/c1-3-36-33(39(48-31-14-20-55-21-15-31)34-26-47-52(4-2)40(34)50-36)25-46-42(54)38-11-6-10-37(49-38)41(53)45-24-28-12-13-35(43)32(23-28)30-9-5-8-29(22-30)27-51-18-7-16-44-17-19-51/h5-6,8-13,22-23,26,31,44H,3-4,7,14-21,24-25,27H2,1-2H3,(H,45,53)(H,46,54)(H,48,50). The van der Waals surface area contributed by atoms with E-state index in [0.29, 0.717) is 31.7 Å². The van der Waals surface area contributed by atoms with Crippen LogP contribution in [-0.2, 0) is 37.3 Å². The highest BCUT2D eigenvalue weighted by Crippen LogP contribution is 2.31. The van der Waals surface area contributed by atoms with Crippen molar-refractivity contribution < 1.29 is 18.7 Å². The molecule has 0 unspecified atom stereocenters. The number of carbonyl (C=O) groups excluding carboxylic acids is 2. The molecule has 55 heavy (non-hydrogen) atoms. The van der Waals surface area contributed by atoms with E-state index in [2.05, 4.69) is 49.2 Å². The van der Waals surface area contributed by atoms with Crippen molar-refractivity contribution in [2.75, 3.05) is 44.7 Å². The number of aromatic nitrogens is 4. The molecule has 4 N–H and O–H groups in total. The minimum Gasteiger partial charge on any atom is -0.381 e. The molecule has 0 spiro atoms. The Morgan fingerprint density at radius 1 is 0.909 bits per heavy atom. The van der Waals surface area contributed by atoms with Crippen molar-refractivity contribution in [3.05, 3.63) is 106 Å². The molecule has 0 atom stereocenters. The zero-order chi connectivity index (χ0) is 38.1. The topological polar surface area (TPSA) is 138 Å². The van der Waals surface area contributed by atoms with Crippen molar-refractivity contribution in [2.24, 2.45) is 0 Å². The lowest BCUT2D eigenvalue weighted by molar-refractivity contribution is 0.0904. The maximum absolute atomic E-state index is 15.1. The zero-order valence-corrected chi connectivity index (χ0v) is 31.7. The number of fused-ring (bicyclic) bond motifs is 1. The van der Waals surface area contributed by atoms with Crippen LogP contribution in [0.3, 0.4) is 0 Å². The molecule has 3 aromatic heterocycles. The van der Waals surface area contributed by atoms with Crippen LogP contribution in [0.15, 0.2) is 66.9 Å². The monoisotopic (exact) mass is 747 g/mol. The summed E-state index contributed by atoms with van der Waals surface area (Å²) in [5.41, 5.74) is 6.90. The van der Waals surface area contributed by atoms with Gasteiger partial charge >= 0.3 is 0 Å². The third-order valence-electron chi connectivity index (χ3n) is 10.4. The van der Waals surface area contributed by atoms with E-state index in [9.17, 15) is 9.59 Å². The summed E-state index contributed by atoms with van der Waals surface area (Å²) in [6.07, 6.45) is 5.37. The molecule has 2 aliphatic rings. The summed E-state index contributed by atoms with van der Waals surface area (Å²) < 4.78 is 22.6. The molecule has 0 bridgehead atoms. The molecule has 12 nitrogen and oxygen atoms in total. The largest absolute Gasteiger partial charge is 0.381 e. The predicted octanol–water partition coefficient (Wildman–Crippen LogP) is 5.46. The van der Waals surface area contributed by atoms with Crippen molar-refractivity contribution >= 4 is 28.5 Å². The van der Waals surface area contributed by atoms with E-state index in [1.165, 1.54) is 6.07 Å². The van der Waals surface area contributed by atoms with Gasteiger partial charge in [0.05, 0.1) is 17.3 Å². The Kier molecular flexibility index (Phi) is 12.4. The molecule has 2 fully saturated rings. The average Bonchev–Trinajstić information content (AvgIpc) is 3.46. The molecule has 0 aliphatic carbocycles. The van der Waals surface area contributed by atoms with Gasteiger partial charge in [-0.1, -0.05) is 37.3 Å². The summed E-state index contributed by atoms with van der Waals surface area (Å²) in [7, 11) is 0. The van der Waals surface area contributed by atoms with Gasteiger partial charge < -0.3 is 26.0 Å². The van der Waals surface area contributed by atoms with Gasteiger partial charge in [0, 0.05) is 75.3 Å². The number of aryl methyl sites for hydroxylation is 2. The molecule has 2 aliphatic heterocycles. The van der Waals surface area contributed by atoms with Gasteiger partial charge in [0.15, 0.2) is 5.65 Å². The summed E-state index contributed by atoms with van der Waals surface area (Å²) in [6.45, 7) is 11.4. The minimum atomic E-state index is -0.437. The number of anilines is 1. The number of hydrogen-bond donors (Lipinski definition) is 4. The first-order chi connectivity index (χ1) is 26.9. The van der Waals surface area contributed by atoms with E-state index in [1.54, 1.807) is 30.3 Å². The van der Waals surface area contributed by atoms with E-state index < -0.39 is 11.8 Å². The first-order valence-electron chi connectivity index (χ1n) is 19.5. The van der Waals surface area contributed by atoms with Crippen LogP contribution in [0.4, 0.5) is 10.1 Å². The molecule has 5 aromatic rings. The number of halogens is 1. The van der Waals surface area contributed by atoms with Crippen LogP contribution in [0.1, 0.15) is 76.5 Å². The van der Waals surface area contributed by atoms with Gasteiger partial charge in [-0.2, -0.15) is 5.10 Å². The second-order valence-electron chi connectivity index (χ2n) is 14.2. The Bertz CT molecular complexity index is 2120. The van der Waals surface area contributed by atoms with Gasteiger partial charge in [0.25, 0.3) is 11.8 Å². The van der Waals surface area contributed by atoms with E-state index in [4.69, 9.17) is 9.72 Å². The van der Waals surface area contributed by atoms with Gasteiger partial charge in [-0.25, -0.2) is 19.0 Å². The van der Waals surface area contributed by atoms with Crippen molar-refractivity contribution in [3.63, 3.8) is 0 Å². The highest BCUT2D eigenvalue weighted by molar-refractivity contribution is 5.97. The van der Waals surface area contributed by atoms with Gasteiger partial charge in [0.2, 0.25) is 0 Å². The number of hydrogen-bond acceptors (Lipinski definition) is 9. The quantitative estimate of drug-likeness (QED) is 0.124. The maximum Gasteiger partial charge on any atom is 0.270 e. The first kappa shape index (κ1) is 38.1. The normalized spacial score (nSPS) is 15.5. The molecule has 2 aromatic carbocycles. The Morgan fingerprint density at radius 2 is 1.69 bits per heavy atom. The minimum absolute atomic E-state index is 0.109. The fraction of sp³-hybridized carbons (Fsp3) is 0.405. The smallest absolute Gasteiger partial charge is 0.270 e. The van der Waals surface area contributed by atoms with Crippen LogP contribution in [0.25, 0.3) is 22.2 Å². The third kappa shape index (κ3) is 9.18. The summed E-state index contributed by atoms with van der Waals surface area (Å²) in [6, 6.07) is 17.9. The number of rotatable bonds is 13. The lowest BCUT2D eigenvalue weighted by Crippen LogP contribution is -2.30. The number of ether oxygens (including phenoxy) is 1. The fourth-order valence-corrected chi connectivity index (χ4v) is 7.38. The molecule has 0 radical (unpaired) electrons. The highest BCUT2D eigenvalue weighted by atomic mass is 19.1. The van der Waals surface area contributed by atoms with E-state index >= 15 is 4.39 Å². The van der Waals surface area contributed by atoms with Gasteiger partial charge in [-0.3, -0.25) is 14.5 Å². The third-order valence-corrected chi connectivity index (χ3v) is 10.4. The molecular weight excluding hydrogens is 698 g/mol. The van der Waals surface area contributed by atoms with Crippen molar-refractivity contribution in [3.8, 4) is 11.1 Å². The second kappa shape index (κ2) is 17.9. The molecule has 7 rings (SSSR count). The van der Waals surface area contributed by atoms with Crippen LogP contribution in [0.2, 0.25) is 0 Å². The van der Waals surface area contributed by atoms with Crippen molar-refractivity contribution in [1.82, 2.24) is 40.6 Å². The summed E-state index contributed by atoms with van der Waals surface area (Å²) in [5.74, 6) is -1.17. The molecule has 0 saturated carbocycles. The molecule has 13 heteroatoms. The SMILES string of the molecule is CCc1nc2c(cnn2CC)c(NC2CCOCC2)c1CNC(=O)c1cccc(C(=O)NCc2ccc(F)c(-c3cccc(CN4CCCNCC4)c3)c2)n1. The number of nitrogens with one attached hydrogen (secondary N) is 4. The number of benzene rings is 2. The summed E-state index contributed by atoms with van der Waals surface area (Å²) in [4.78, 5) is 38.6. The molecule has 5 heterocycles. The Labute approximate surface area is 321 Å². The first-order valence-corrected chi connectivity index (χ1v) is 19.5. The Hall–Kier alpha value is -5.24. The maximum atomic E-state index is 15.1. The van der Waals surface area contributed by atoms with E-state index in [0.717, 1.165) is 96.7 Å². The molecule has 2 amide bonds. The number of nitrogens with zero attached hydrogens (tertiary/aromatic N) is 5. The van der Waals surface area contributed by atoms with E-state index in [-0.39, 0.29) is 36.3 Å². The van der Waals surface area contributed by atoms with Crippen LogP contribution < -0.4 is 21.3 Å². The Morgan fingerprint density at radius 3 is 2.47 bits per heavy atom. The van der Waals surface area contributed by atoms with Crippen LogP contribution in [0, 0.1) is 5.82 Å². The number of carbonyl (C=O) groups is 2. The highest BCUT2D eigenvalue weighted by Gasteiger charge is 2.23. The summed E-state index contributed by atoms with van der Waals surface area (Å²) >= 11 is 0. The van der Waals surface area contributed by atoms with Gasteiger partial charge in [0.1, 0.15) is 17.2 Å².